The predicted molar refractivity (Wildman–Crippen MR) is 77.9 cm³/mol. The summed E-state index contributed by atoms with van der Waals surface area (Å²) in [5.41, 5.74) is 3.09. The maximum Gasteiger partial charge on any atom is 0.0756 e. The van der Waals surface area contributed by atoms with Crippen LogP contribution in [0.5, 0.6) is 0 Å². The SMILES string of the molecule is CCNc1cc(C2CC2)nc2cc(Cl)cc(Cl)c12. The van der Waals surface area contributed by atoms with E-state index in [4.69, 9.17) is 28.2 Å². The minimum atomic E-state index is 0.615. The molecule has 0 spiro atoms. The Bertz CT molecular complexity index is 606. The Labute approximate surface area is 116 Å². The lowest BCUT2D eigenvalue weighted by Crippen LogP contribution is -2.00. The van der Waals surface area contributed by atoms with E-state index in [9.17, 15) is 0 Å². The molecule has 0 unspecified atom stereocenters. The first kappa shape index (κ1) is 12.1. The molecular formula is C14H14Cl2N2. The zero-order valence-electron chi connectivity index (χ0n) is 10.1. The number of rotatable bonds is 3. The molecule has 1 aromatic carbocycles. The van der Waals surface area contributed by atoms with Crippen LogP contribution in [0.3, 0.4) is 0 Å². The Morgan fingerprint density at radius 2 is 2.06 bits per heavy atom. The van der Waals surface area contributed by atoms with Gasteiger partial charge in [0.2, 0.25) is 0 Å². The fourth-order valence-electron chi connectivity index (χ4n) is 2.22. The van der Waals surface area contributed by atoms with Crippen molar-refractivity contribution in [1.29, 1.82) is 0 Å². The second kappa shape index (κ2) is 4.60. The van der Waals surface area contributed by atoms with E-state index in [1.165, 1.54) is 12.8 Å². The monoisotopic (exact) mass is 280 g/mol. The van der Waals surface area contributed by atoms with Crippen LogP contribution in [-0.2, 0) is 0 Å². The summed E-state index contributed by atoms with van der Waals surface area (Å²) in [6, 6.07) is 5.78. The summed E-state index contributed by atoms with van der Waals surface area (Å²) in [7, 11) is 0. The van der Waals surface area contributed by atoms with Gasteiger partial charge in [-0.25, -0.2) is 0 Å². The van der Waals surface area contributed by atoms with Crippen LogP contribution in [0.15, 0.2) is 18.2 Å². The van der Waals surface area contributed by atoms with Gasteiger partial charge in [-0.1, -0.05) is 23.2 Å². The molecule has 1 heterocycles. The lowest BCUT2D eigenvalue weighted by Gasteiger charge is -2.12. The normalized spacial score (nSPS) is 15.1. The molecule has 0 atom stereocenters. The first-order chi connectivity index (χ1) is 8.69. The van der Waals surface area contributed by atoms with E-state index >= 15 is 0 Å². The number of aromatic nitrogens is 1. The van der Waals surface area contributed by atoms with Gasteiger partial charge in [0.1, 0.15) is 0 Å². The maximum absolute atomic E-state index is 6.29. The number of hydrogen-bond donors (Lipinski definition) is 1. The van der Waals surface area contributed by atoms with Gasteiger partial charge >= 0.3 is 0 Å². The van der Waals surface area contributed by atoms with Crippen LogP contribution in [0.4, 0.5) is 5.69 Å². The summed E-state index contributed by atoms with van der Waals surface area (Å²) in [6.45, 7) is 2.94. The molecule has 0 bridgehead atoms. The largest absolute Gasteiger partial charge is 0.385 e. The van der Waals surface area contributed by atoms with Crippen molar-refractivity contribution in [2.45, 2.75) is 25.7 Å². The number of hydrogen-bond acceptors (Lipinski definition) is 2. The molecule has 18 heavy (non-hydrogen) atoms. The van der Waals surface area contributed by atoms with Crippen LogP contribution in [0.25, 0.3) is 10.9 Å². The third-order valence-corrected chi connectivity index (χ3v) is 3.72. The molecule has 1 saturated carbocycles. The van der Waals surface area contributed by atoms with E-state index in [0.29, 0.717) is 16.0 Å². The molecule has 3 rings (SSSR count). The van der Waals surface area contributed by atoms with Crippen LogP contribution in [-0.4, -0.2) is 11.5 Å². The molecule has 94 valence electrons. The van der Waals surface area contributed by atoms with Crippen LogP contribution >= 0.6 is 23.2 Å². The molecule has 0 saturated heterocycles. The number of nitrogens with one attached hydrogen (secondary N) is 1. The van der Waals surface area contributed by atoms with Crippen LogP contribution < -0.4 is 5.32 Å². The molecule has 1 aliphatic rings. The van der Waals surface area contributed by atoms with Gasteiger partial charge in [-0.2, -0.15) is 0 Å². The zero-order valence-corrected chi connectivity index (χ0v) is 11.6. The van der Waals surface area contributed by atoms with Crippen LogP contribution in [0.1, 0.15) is 31.4 Å². The van der Waals surface area contributed by atoms with Gasteiger partial charge in [0.15, 0.2) is 0 Å². The molecule has 4 heteroatoms. The van der Waals surface area contributed by atoms with Gasteiger partial charge < -0.3 is 5.32 Å². The van der Waals surface area contributed by atoms with Crippen LogP contribution in [0.2, 0.25) is 10.0 Å². The quantitative estimate of drug-likeness (QED) is 0.869. The van der Waals surface area contributed by atoms with Crippen molar-refractivity contribution >= 4 is 39.8 Å². The average Bonchev–Trinajstić information content (AvgIpc) is 3.11. The number of fused-ring (bicyclic) bond motifs is 1. The molecule has 1 N–H and O–H groups in total. The zero-order chi connectivity index (χ0) is 12.7. The average molecular weight is 281 g/mol. The molecular weight excluding hydrogens is 267 g/mol. The molecule has 0 aliphatic heterocycles. The van der Waals surface area contributed by atoms with Gasteiger partial charge in [-0.05, 0) is 38.0 Å². The van der Waals surface area contributed by atoms with E-state index in [1.54, 1.807) is 6.07 Å². The fourth-order valence-corrected chi connectivity index (χ4v) is 2.81. The lowest BCUT2D eigenvalue weighted by molar-refractivity contribution is 1.04. The number of pyridine rings is 1. The Morgan fingerprint density at radius 1 is 1.28 bits per heavy atom. The van der Waals surface area contributed by atoms with E-state index < -0.39 is 0 Å². The summed E-state index contributed by atoms with van der Waals surface area (Å²) in [5.74, 6) is 0.615. The molecule has 1 aromatic heterocycles. The summed E-state index contributed by atoms with van der Waals surface area (Å²) in [6.07, 6.45) is 2.47. The lowest BCUT2D eigenvalue weighted by atomic mass is 10.1. The number of halogens is 2. The van der Waals surface area contributed by atoms with Crippen molar-refractivity contribution in [3.05, 3.63) is 33.9 Å². The Hall–Kier alpha value is -0.990. The topological polar surface area (TPSA) is 24.9 Å². The van der Waals surface area contributed by atoms with Crippen LogP contribution in [0, 0.1) is 0 Å². The third-order valence-electron chi connectivity index (χ3n) is 3.21. The number of nitrogens with zero attached hydrogens (tertiary/aromatic N) is 1. The molecule has 2 nitrogen and oxygen atoms in total. The van der Waals surface area contributed by atoms with Gasteiger partial charge in [0.25, 0.3) is 0 Å². The maximum atomic E-state index is 6.29. The molecule has 0 radical (unpaired) electrons. The van der Waals surface area contributed by atoms with Gasteiger partial charge in [0.05, 0.1) is 10.5 Å². The Kier molecular flexibility index (Phi) is 3.08. The van der Waals surface area contributed by atoms with Crippen molar-refractivity contribution in [2.75, 3.05) is 11.9 Å². The Morgan fingerprint density at radius 3 is 2.72 bits per heavy atom. The van der Waals surface area contributed by atoms with Crippen molar-refractivity contribution in [3.63, 3.8) is 0 Å². The first-order valence-corrected chi connectivity index (χ1v) is 6.98. The molecule has 1 aliphatic carbocycles. The summed E-state index contributed by atoms with van der Waals surface area (Å²) >= 11 is 12.3. The summed E-state index contributed by atoms with van der Waals surface area (Å²) < 4.78 is 0. The highest BCUT2D eigenvalue weighted by Gasteiger charge is 2.26. The molecule has 1 fully saturated rings. The number of anilines is 1. The third kappa shape index (κ3) is 2.15. The van der Waals surface area contributed by atoms with Crippen molar-refractivity contribution in [2.24, 2.45) is 0 Å². The number of benzene rings is 1. The summed E-state index contributed by atoms with van der Waals surface area (Å²) in [5, 5.41) is 5.62. The highest BCUT2D eigenvalue weighted by atomic mass is 35.5. The van der Waals surface area contributed by atoms with Gasteiger partial charge in [-0.15, -0.1) is 0 Å². The molecule has 2 aromatic rings. The minimum absolute atomic E-state index is 0.615. The standard InChI is InChI=1S/C14H14Cl2N2/c1-2-17-12-7-11(8-3-4-8)18-13-6-9(15)5-10(16)14(12)13/h5-8H,2-4H2,1H3,(H,17,18). The van der Waals surface area contributed by atoms with E-state index in [2.05, 4.69) is 18.3 Å². The van der Waals surface area contributed by atoms with Crippen molar-refractivity contribution in [3.8, 4) is 0 Å². The van der Waals surface area contributed by atoms with E-state index in [-0.39, 0.29) is 0 Å². The summed E-state index contributed by atoms with van der Waals surface area (Å²) in [4.78, 5) is 4.69. The fraction of sp³-hybridized carbons (Fsp3) is 0.357. The van der Waals surface area contributed by atoms with Gasteiger partial charge in [-0.3, -0.25) is 4.98 Å². The van der Waals surface area contributed by atoms with Crippen molar-refractivity contribution in [1.82, 2.24) is 4.98 Å². The van der Waals surface area contributed by atoms with Crippen molar-refractivity contribution < 1.29 is 0 Å². The highest BCUT2D eigenvalue weighted by Crippen LogP contribution is 2.42. The first-order valence-electron chi connectivity index (χ1n) is 6.22. The van der Waals surface area contributed by atoms with E-state index in [0.717, 1.165) is 28.8 Å². The second-order valence-corrected chi connectivity index (χ2v) is 5.52. The second-order valence-electron chi connectivity index (χ2n) is 4.68. The predicted octanol–water partition coefficient (Wildman–Crippen LogP) is 4.85. The molecule has 0 amide bonds. The van der Waals surface area contributed by atoms with Gasteiger partial charge in [0, 0.05) is 34.3 Å². The Balaban J connectivity index is 2.26. The highest BCUT2D eigenvalue weighted by molar-refractivity contribution is 6.39. The smallest absolute Gasteiger partial charge is 0.0756 e. The minimum Gasteiger partial charge on any atom is -0.385 e. The van der Waals surface area contributed by atoms with E-state index in [1.807, 2.05) is 6.07 Å².